The van der Waals surface area contributed by atoms with Crippen molar-refractivity contribution in [3.8, 4) is 116 Å². The summed E-state index contributed by atoms with van der Waals surface area (Å²) in [5.41, 5.74) is 33.3. The standard InChI is InChI=1S/C114H146S6/c1-13-19-25-31-37-43-49-87-55-67-93(68-56-87)99-80-116-105(82(99)8)111-101(95-71-59-89(60-72-95)51-45-39-33-27-21-15-3)84(10)107(118-111)113-103(97-75-63-91(64-76-97)53-47-41-35-29-23-17-5)86(12)109(120-113)114-104(98-77-65-92(66-78-98)54-48-42-36-30-24-18-6)85(11)108(119-114)112-102(96-73-61-90(62-74-96)52-46-40-34-28-22-16-4)83(9)106(117-112)110-100(81(7)79-115-110)94-69-57-88(58-70-94)50-44-38-32-26-20-14-2/h55-80H,13-54H2,1-12H3. The maximum absolute atomic E-state index is 2.51. The molecule has 12 rings (SSSR count). The summed E-state index contributed by atoms with van der Waals surface area (Å²) in [5.74, 6) is 0. The van der Waals surface area contributed by atoms with E-state index in [-0.39, 0.29) is 0 Å². The number of benzene rings is 6. The highest BCUT2D eigenvalue weighted by atomic mass is 32.1. The molecule has 0 unspecified atom stereocenters. The molecule has 0 aliphatic heterocycles. The molecule has 0 aliphatic carbocycles. The predicted octanol–water partition coefficient (Wildman–Crippen LogP) is 39.7. The molecular formula is C114H146S6. The van der Waals surface area contributed by atoms with Crippen LogP contribution in [-0.4, -0.2) is 0 Å². The molecule has 6 heterocycles. The molecule has 0 fully saturated rings. The van der Waals surface area contributed by atoms with Crippen molar-refractivity contribution in [3.63, 3.8) is 0 Å². The molecule has 0 N–H and O–H groups in total. The van der Waals surface area contributed by atoms with Crippen LogP contribution in [-0.2, 0) is 38.5 Å². The minimum atomic E-state index is 1.12. The molecule has 0 amide bonds. The maximum Gasteiger partial charge on any atom is 0.0533 e. The lowest BCUT2D eigenvalue weighted by molar-refractivity contribution is 0.607. The quantitative estimate of drug-likeness (QED) is 0.0333. The molecule has 0 nitrogen and oxygen atoms in total. The molecule has 638 valence electrons. The fraction of sp³-hybridized carbons (Fsp3) is 0.474. The molecular weight excluding hydrogens is 1560 g/mol. The van der Waals surface area contributed by atoms with E-state index in [4.69, 9.17) is 0 Å². The summed E-state index contributed by atoms with van der Waals surface area (Å²) in [4.78, 5) is 14.0. The van der Waals surface area contributed by atoms with Gasteiger partial charge in [-0.3, -0.25) is 0 Å². The number of unbranched alkanes of at least 4 members (excludes halogenated alkanes) is 30. The van der Waals surface area contributed by atoms with Gasteiger partial charge < -0.3 is 0 Å². The van der Waals surface area contributed by atoms with E-state index < -0.39 is 0 Å². The Morgan fingerprint density at radius 3 is 0.625 bits per heavy atom. The van der Waals surface area contributed by atoms with Gasteiger partial charge in [0.1, 0.15) is 0 Å². The van der Waals surface area contributed by atoms with Crippen LogP contribution in [0, 0.1) is 41.5 Å². The van der Waals surface area contributed by atoms with Gasteiger partial charge in [-0.2, -0.15) is 0 Å². The second-order valence-corrected chi connectivity index (χ2v) is 41.4. The van der Waals surface area contributed by atoms with Crippen molar-refractivity contribution in [2.24, 2.45) is 0 Å². The highest BCUT2D eigenvalue weighted by Crippen LogP contribution is 2.61. The second kappa shape index (κ2) is 48.7. The van der Waals surface area contributed by atoms with Gasteiger partial charge >= 0.3 is 0 Å². The Bertz CT molecular complexity index is 5000. The van der Waals surface area contributed by atoms with Gasteiger partial charge in [0.05, 0.1) is 24.4 Å². The van der Waals surface area contributed by atoms with E-state index in [9.17, 15) is 0 Å². The lowest BCUT2D eigenvalue weighted by atomic mass is 9.92. The van der Waals surface area contributed by atoms with Crippen molar-refractivity contribution in [1.29, 1.82) is 0 Å². The van der Waals surface area contributed by atoms with Gasteiger partial charge in [0.2, 0.25) is 0 Å². The van der Waals surface area contributed by atoms with Gasteiger partial charge in [-0.15, -0.1) is 68.0 Å². The van der Waals surface area contributed by atoms with Crippen LogP contribution in [0.4, 0.5) is 0 Å². The van der Waals surface area contributed by atoms with Crippen molar-refractivity contribution in [1.82, 2.24) is 0 Å². The maximum atomic E-state index is 2.51. The Hall–Kier alpha value is -6.48. The summed E-state index contributed by atoms with van der Waals surface area (Å²) < 4.78 is 0. The van der Waals surface area contributed by atoms with Crippen LogP contribution in [0.5, 0.6) is 0 Å². The fourth-order valence-electron chi connectivity index (χ4n) is 18.5. The third kappa shape index (κ3) is 24.6. The molecule has 0 atom stereocenters. The summed E-state index contributed by atoms with van der Waals surface area (Å²) in [6.07, 6.45) is 54.2. The van der Waals surface area contributed by atoms with E-state index in [0.717, 1.165) is 38.5 Å². The first-order valence-corrected chi connectivity index (χ1v) is 53.2. The molecule has 0 saturated carbocycles. The molecule has 0 aliphatic rings. The first-order chi connectivity index (χ1) is 58.9. The zero-order valence-electron chi connectivity index (χ0n) is 76.2. The average Bonchev–Trinajstić information content (AvgIpc) is 1.57. The van der Waals surface area contributed by atoms with Crippen LogP contribution in [0.25, 0.3) is 116 Å². The summed E-state index contributed by atoms with van der Waals surface area (Å²) in [7, 11) is 0. The van der Waals surface area contributed by atoms with E-state index in [1.807, 2.05) is 22.7 Å². The predicted molar refractivity (Wildman–Crippen MR) is 544 cm³/mol. The first kappa shape index (κ1) is 92.7. The molecule has 0 bridgehead atoms. The SMILES string of the molecule is CCCCCCCCc1ccc(-c2csc(-c3sc(-c4sc(-c5sc(-c6sc(-c7scc(C)c7-c7ccc(CCCCCCCC)cc7)c(C)c6-c6ccc(CCCCCCCC)cc6)c(C)c5-c5ccc(CCCCCCCC)cc5)c(C)c4-c4ccc(CCCCCCCC)cc4)c(C)c3-c3ccc(CCCCCCCC)cc3)c2C)cc1. The normalized spacial score (nSPS) is 11.7. The van der Waals surface area contributed by atoms with E-state index in [1.54, 1.807) is 0 Å². The minimum absolute atomic E-state index is 1.12. The Balaban J connectivity index is 1.03. The van der Waals surface area contributed by atoms with Crippen LogP contribution in [0.2, 0.25) is 0 Å². The van der Waals surface area contributed by atoms with E-state index in [0.29, 0.717) is 0 Å². The van der Waals surface area contributed by atoms with Crippen molar-refractivity contribution in [3.05, 3.63) is 223 Å². The number of hydrogen-bond donors (Lipinski definition) is 0. The van der Waals surface area contributed by atoms with Crippen LogP contribution < -0.4 is 0 Å². The van der Waals surface area contributed by atoms with E-state index in [2.05, 4.69) is 285 Å². The molecule has 0 saturated heterocycles. The lowest BCUT2D eigenvalue weighted by Gasteiger charge is -2.10. The van der Waals surface area contributed by atoms with Gasteiger partial charge in [0, 0.05) is 52.2 Å². The van der Waals surface area contributed by atoms with Crippen LogP contribution in [0.1, 0.15) is 339 Å². The van der Waals surface area contributed by atoms with Gasteiger partial charge in [-0.25, -0.2) is 0 Å². The number of rotatable bonds is 53. The molecule has 0 spiro atoms. The Morgan fingerprint density at radius 1 is 0.175 bits per heavy atom. The van der Waals surface area contributed by atoms with Crippen molar-refractivity contribution < 1.29 is 0 Å². The molecule has 6 aromatic carbocycles. The molecule has 6 heteroatoms. The highest BCUT2D eigenvalue weighted by Gasteiger charge is 2.33. The average molecular weight is 1710 g/mol. The highest BCUT2D eigenvalue weighted by molar-refractivity contribution is 7.31. The fourth-order valence-corrected chi connectivity index (χ4v) is 27.0. The zero-order valence-corrected chi connectivity index (χ0v) is 81.1. The summed E-state index contributed by atoms with van der Waals surface area (Å²) in [6, 6.07) is 59.3. The Morgan fingerprint density at radius 2 is 0.375 bits per heavy atom. The molecule has 6 aromatic heterocycles. The number of hydrogen-bond acceptors (Lipinski definition) is 6. The minimum Gasteiger partial charge on any atom is -0.142 e. The third-order valence-electron chi connectivity index (χ3n) is 26.0. The molecule has 120 heavy (non-hydrogen) atoms. The van der Waals surface area contributed by atoms with Crippen LogP contribution in [0.3, 0.4) is 0 Å². The zero-order chi connectivity index (χ0) is 84.0. The molecule has 12 aromatic rings. The largest absolute Gasteiger partial charge is 0.142 e. The Labute approximate surface area is 753 Å². The van der Waals surface area contributed by atoms with E-state index in [1.165, 1.54) is 413 Å². The summed E-state index contributed by atoms with van der Waals surface area (Å²) in [5, 5.41) is 4.92. The van der Waals surface area contributed by atoms with Gasteiger partial charge in [0.15, 0.2) is 0 Å². The smallest absolute Gasteiger partial charge is 0.0533 e. The van der Waals surface area contributed by atoms with Crippen LogP contribution in [0.15, 0.2) is 156 Å². The first-order valence-electron chi connectivity index (χ1n) is 48.1. The van der Waals surface area contributed by atoms with Crippen molar-refractivity contribution in [2.45, 2.75) is 353 Å². The topological polar surface area (TPSA) is 0 Å². The van der Waals surface area contributed by atoms with E-state index >= 15 is 0 Å². The monoisotopic (exact) mass is 1710 g/mol. The second-order valence-electron chi connectivity index (χ2n) is 35.6. The lowest BCUT2D eigenvalue weighted by Crippen LogP contribution is -1.90. The summed E-state index contributed by atoms with van der Waals surface area (Å²) >= 11 is 12.2. The molecule has 0 radical (unpaired) electrons. The summed E-state index contributed by atoms with van der Waals surface area (Å²) in [6.45, 7) is 28.7. The van der Waals surface area contributed by atoms with Gasteiger partial charge in [-0.05, 0) is 235 Å². The third-order valence-corrected chi connectivity index (χ3v) is 34.2. The van der Waals surface area contributed by atoms with Crippen molar-refractivity contribution >= 4 is 68.0 Å². The Kier molecular flexibility index (Phi) is 37.6. The van der Waals surface area contributed by atoms with Crippen molar-refractivity contribution in [2.75, 3.05) is 0 Å². The van der Waals surface area contributed by atoms with Gasteiger partial charge in [0.25, 0.3) is 0 Å². The van der Waals surface area contributed by atoms with Crippen LogP contribution >= 0.6 is 68.0 Å². The number of thiophene rings is 6. The number of aryl methyl sites for hydroxylation is 7. The van der Waals surface area contributed by atoms with Gasteiger partial charge in [-0.1, -0.05) is 380 Å².